The third kappa shape index (κ3) is 7.00. The van der Waals surface area contributed by atoms with Gasteiger partial charge < -0.3 is 21.4 Å². The number of nitrogens with two attached hydrogens (primary N) is 1. The highest BCUT2D eigenvalue weighted by atomic mass is 35.5. The number of benzene rings is 2. The second kappa shape index (κ2) is 11.8. The van der Waals surface area contributed by atoms with Crippen LogP contribution in [0.4, 0.5) is 15.1 Å². The Balaban J connectivity index is 1.61. The average molecular weight is 493 g/mol. The fraction of sp³-hybridized carbons (Fsp3) is 0.227. The van der Waals surface area contributed by atoms with Crippen LogP contribution in [-0.4, -0.2) is 29.1 Å². The molecule has 33 heavy (non-hydrogen) atoms. The van der Waals surface area contributed by atoms with E-state index in [2.05, 4.69) is 25.9 Å². The molecule has 6 N–H and O–H groups in total. The topological polar surface area (TPSA) is 125 Å². The number of nitrogens with zero attached hydrogens (tertiary/aromatic N) is 1. The van der Waals surface area contributed by atoms with Crippen molar-refractivity contribution in [2.45, 2.75) is 19.5 Å². The van der Waals surface area contributed by atoms with E-state index >= 15 is 0 Å². The van der Waals surface area contributed by atoms with Crippen molar-refractivity contribution in [1.82, 2.24) is 20.6 Å². The summed E-state index contributed by atoms with van der Waals surface area (Å²) in [6, 6.07) is 8.96. The van der Waals surface area contributed by atoms with Gasteiger partial charge in [-0.2, -0.15) is 4.98 Å². The third-order valence-electron chi connectivity index (χ3n) is 4.70. The third-order valence-corrected chi connectivity index (χ3v) is 5.44. The van der Waals surface area contributed by atoms with Crippen molar-refractivity contribution in [1.29, 1.82) is 0 Å². The summed E-state index contributed by atoms with van der Waals surface area (Å²) in [6.45, 7) is 1.81. The molecule has 0 bridgehead atoms. The number of hydrogen-bond donors (Lipinski definition) is 5. The number of aromatic nitrogens is 2. The van der Waals surface area contributed by atoms with Crippen LogP contribution in [0.3, 0.4) is 0 Å². The smallest absolute Gasteiger partial charge is 0.321 e. The molecule has 0 aliphatic rings. The zero-order valence-electron chi connectivity index (χ0n) is 17.6. The quantitative estimate of drug-likeness (QED) is 0.291. The number of aromatic amines is 1. The highest BCUT2D eigenvalue weighted by Crippen LogP contribution is 2.22. The van der Waals surface area contributed by atoms with Crippen molar-refractivity contribution in [2.75, 3.05) is 18.4 Å². The number of H-pyrrole nitrogens is 1. The van der Waals surface area contributed by atoms with Crippen LogP contribution in [0.15, 0.2) is 47.4 Å². The van der Waals surface area contributed by atoms with Gasteiger partial charge in [0.05, 0.1) is 15.6 Å². The summed E-state index contributed by atoms with van der Waals surface area (Å²) in [7, 11) is 0. The van der Waals surface area contributed by atoms with Crippen LogP contribution >= 0.6 is 23.2 Å². The first-order valence-corrected chi connectivity index (χ1v) is 10.9. The first kappa shape index (κ1) is 24.7. The van der Waals surface area contributed by atoms with E-state index in [0.29, 0.717) is 40.8 Å². The van der Waals surface area contributed by atoms with Crippen LogP contribution in [0, 0.1) is 5.82 Å². The Bertz CT molecular complexity index is 1190. The molecule has 0 fully saturated rings. The number of halogens is 3. The number of anilines is 1. The molecule has 0 aliphatic carbocycles. The Labute approximate surface area is 199 Å². The van der Waals surface area contributed by atoms with Gasteiger partial charge in [-0.3, -0.25) is 10.1 Å². The maximum Gasteiger partial charge on any atom is 0.321 e. The Morgan fingerprint density at radius 1 is 1.12 bits per heavy atom. The lowest BCUT2D eigenvalue weighted by molar-refractivity contribution is 0.251. The first-order valence-electron chi connectivity index (χ1n) is 10.2. The summed E-state index contributed by atoms with van der Waals surface area (Å²) in [5.41, 5.74) is 6.61. The molecule has 0 atom stereocenters. The van der Waals surface area contributed by atoms with Crippen molar-refractivity contribution in [2.24, 2.45) is 5.73 Å². The Kier molecular flexibility index (Phi) is 8.79. The first-order chi connectivity index (χ1) is 15.9. The zero-order chi connectivity index (χ0) is 23.8. The molecule has 2 aromatic carbocycles. The van der Waals surface area contributed by atoms with Crippen LogP contribution in [0.5, 0.6) is 0 Å². The van der Waals surface area contributed by atoms with E-state index < -0.39 is 17.4 Å². The van der Waals surface area contributed by atoms with Gasteiger partial charge >= 0.3 is 6.03 Å². The van der Waals surface area contributed by atoms with Gasteiger partial charge in [0.2, 0.25) is 5.95 Å². The van der Waals surface area contributed by atoms with Gasteiger partial charge in [-0.05, 0) is 48.8 Å². The van der Waals surface area contributed by atoms with E-state index in [1.54, 1.807) is 30.3 Å². The van der Waals surface area contributed by atoms with E-state index in [-0.39, 0.29) is 18.1 Å². The highest BCUT2D eigenvalue weighted by Gasteiger charge is 2.11. The Morgan fingerprint density at radius 3 is 2.64 bits per heavy atom. The van der Waals surface area contributed by atoms with Crippen LogP contribution in [0.2, 0.25) is 10.0 Å². The lowest BCUT2D eigenvalue weighted by Crippen LogP contribution is -2.30. The van der Waals surface area contributed by atoms with Gasteiger partial charge in [0.1, 0.15) is 5.82 Å². The number of urea groups is 1. The van der Waals surface area contributed by atoms with E-state index in [0.717, 1.165) is 12.0 Å². The number of carbonyl (C=O) groups excluding carboxylic acids is 1. The monoisotopic (exact) mass is 492 g/mol. The Hall–Kier alpha value is -2.98. The second-order valence-electron chi connectivity index (χ2n) is 7.15. The Morgan fingerprint density at radius 2 is 1.94 bits per heavy atom. The summed E-state index contributed by atoms with van der Waals surface area (Å²) in [6.07, 6.45) is 2.17. The fourth-order valence-corrected chi connectivity index (χ4v) is 3.28. The number of nitrogens with one attached hydrogen (secondary N) is 4. The van der Waals surface area contributed by atoms with Crippen molar-refractivity contribution in [3.63, 3.8) is 0 Å². The molecular formula is C22H23Cl2FN6O2. The number of carbonyl (C=O) groups is 1. The molecule has 2 amide bonds. The molecule has 3 rings (SSSR count). The summed E-state index contributed by atoms with van der Waals surface area (Å²) >= 11 is 11.8. The van der Waals surface area contributed by atoms with Crippen LogP contribution in [0.25, 0.3) is 11.1 Å². The minimum Gasteiger partial charge on any atom is -0.334 e. The number of amides is 2. The molecular weight excluding hydrogens is 470 g/mol. The van der Waals surface area contributed by atoms with Gasteiger partial charge in [0, 0.05) is 24.8 Å². The predicted octanol–water partition coefficient (Wildman–Crippen LogP) is 3.64. The molecule has 0 saturated heterocycles. The van der Waals surface area contributed by atoms with E-state index in [1.165, 1.54) is 12.3 Å². The van der Waals surface area contributed by atoms with Crippen LogP contribution in [0.1, 0.15) is 17.5 Å². The molecule has 8 nitrogen and oxygen atoms in total. The zero-order valence-corrected chi connectivity index (χ0v) is 19.1. The van der Waals surface area contributed by atoms with Gasteiger partial charge in [-0.15, -0.1) is 0 Å². The SMILES string of the molecule is NCCCNCc1ccc(-c2c[nH]c(NC(=O)NCc3ccc(Cl)c(Cl)c3)nc2=O)cc1F. The molecule has 0 saturated carbocycles. The van der Waals surface area contributed by atoms with Crippen LogP contribution in [-0.2, 0) is 13.1 Å². The van der Waals surface area contributed by atoms with Gasteiger partial charge in [-0.25, -0.2) is 9.18 Å². The van der Waals surface area contributed by atoms with Gasteiger partial charge in [0.25, 0.3) is 5.56 Å². The molecule has 1 aromatic heterocycles. The standard InChI is InChI=1S/C22H23Cl2FN6O2/c23-17-5-2-13(8-18(17)24)10-29-22(33)31-21-28-12-16(20(32)30-21)14-3-4-15(19(25)9-14)11-27-7-1-6-26/h2-5,8-9,12,27H,1,6-7,10-11,26H2,(H3,28,29,30,31,32,33). The lowest BCUT2D eigenvalue weighted by Gasteiger charge is -2.09. The van der Waals surface area contributed by atoms with E-state index in [1.807, 2.05) is 0 Å². The van der Waals surface area contributed by atoms with Gasteiger partial charge in [0.15, 0.2) is 0 Å². The average Bonchev–Trinajstić information content (AvgIpc) is 2.78. The maximum atomic E-state index is 14.4. The highest BCUT2D eigenvalue weighted by molar-refractivity contribution is 6.42. The van der Waals surface area contributed by atoms with Crippen LogP contribution < -0.4 is 27.2 Å². The van der Waals surface area contributed by atoms with E-state index in [4.69, 9.17) is 28.9 Å². The summed E-state index contributed by atoms with van der Waals surface area (Å²) in [4.78, 5) is 31.1. The predicted molar refractivity (Wildman–Crippen MR) is 128 cm³/mol. The normalized spacial score (nSPS) is 10.8. The molecule has 1 heterocycles. The largest absolute Gasteiger partial charge is 0.334 e. The van der Waals surface area contributed by atoms with E-state index in [9.17, 15) is 14.0 Å². The number of hydrogen-bond acceptors (Lipinski definition) is 5. The van der Waals surface area contributed by atoms with Crippen molar-refractivity contribution in [3.8, 4) is 11.1 Å². The molecule has 0 aliphatic heterocycles. The molecule has 3 aromatic rings. The minimum absolute atomic E-state index is 0.0448. The summed E-state index contributed by atoms with van der Waals surface area (Å²) in [5.74, 6) is -0.479. The summed E-state index contributed by atoms with van der Waals surface area (Å²) in [5, 5.41) is 8.97. The van der Waals surface area contributed by atoms with Crippen molar-refractivity contribution < 1.29 is 9.18 Å². The molecule has 174 valence electrons. The maximum absolute atomic E-state index is 14.4. The summed E-state index contributed by atoms with van der Waals surface area (Å²) < 4.78 is 14.4. The molecule has 0 radical (unpaired) electrons. The minimum atomic E-state index is -0.609. The lowest BCUT2D eigenvalue weighted by atomic mass is 10.1. The fourth-order valence-electron chi connectivity index (χ4n) is 2.96. The second-order valence-corrected chi connectivity index (χ2v) is 7.96. The van der Waals surface area contributed by atoms with Crippen molar-refractivity contribution in [3.05, 3.63) is 79.9 Å². The molecule has 0 unspecified atom stereocenters. The van der Waals surface area contributed by atoms with Gasteiger partial charge in [-0.1, -0.05) is 41.4 Å². The molecule has 11 heteroatoms. The molecule has 0 spiro atoms. The number of rotatable bonds is 9. The van der Waals surface area contributed by atoms with Crippen molar-refractivity contribution >= 4 is 35.2 Å².